The van der Waals surface area contributed by atoms with Crippen LogP contribution in [-0.4, -0.2) is 56.5 Å². The number of carbonyl (C=O) groups excluding carboxylic acids is 4. The predicted molar refractivity (Wildman–Crippen MR) is 142 cm³/mol. The van der Waals surface area contributed by atoms with E-state index in [4.69, 9.17) is 10.5 Å². The Bertz CT molecular complexity index is 1010. The number of rotatable bonds is 9. The Balaban J connectivity index is 3.74. The summed E-state index contributed by atoms with van der Waals surface area (Å²) in [7, 11) is 0. The van der Waals surface area contributed by atoms with E-state index in [1.165, 1.54) is 11.0 Å². The van der Waals surface area contributed by atoms with Gasteiger partial charge in [0.25, 0.3) is 0 Å². The number of aryl methyl sites for hydroxylation is 1. The number of hydrogen-bond acceptors (Lipinski definition) is 6. The fourth-order valence-electron chi connectivity index (χ4n) is 3.67. The van der Waals surface area contributed by atoms with Crippen LogP contribution in [0.4, 0.5) is 4.79 Å². The summed E-state index contributed by atoms with van der Waals surface area (Å²) in [5, 5.41) is 15.5. The molecule has 10 nitrogen and oxygen atoms in total. The monoisotopic (exact) mass is 520 g/mol. The van der Waals surface area contributed by atoms with Crippen molar-refractivity contribution < 1.29 is 29.0 Å². The number of nitrogens with two attached hydrogens (primary N) is 1. The van der Waals surface area contributed by atoms with Crippen molar-refractivity contribution in [3.63, 3.8) is 0 Å². The summed E-state index contributed by atoms with van der Waals surface area (Å²) in [6, 6.07) is 2.16. The third-order valence-corrected chi connectivity index (χ3v) is 5.69. The standard InChI is InChI=1S/C27H44N4O6/c1-11-27(9,10)31(23(35)18(15-20(28)33)29-24(36)37-26(6,7)8)21(22(34)30-25(3,4)5)17-12-13-19(32)16(2)14-17/h12-14,18,21,32H,11,15H2,1-10H3,(H2,28,33)(H,29,36)(H,30,34). The van der Waals surface area contributed by atoms with E-state index < -0.39 is 59.0 Å². The molecule has 0 aromatic heterocycles. The first kappa shape index (κ1) is 31.7. The van der Waals surface area contributed by atoms with Gasteiger partial charge in [-0.2, -0.15) is 0 Å². The van der Waals surface area contributed by atoms with Crippen LogP contribution in [-0.2, 0) is 19.1 Å². The number of primary amides is 1. The van der Waals surface area contributed by atoms with Gasteiger partial charge in [0.15, 0.2) is 0 Å². The molecule has 2 atom stereocenters. The molecule has 2 unspecified atom stereocenters. The highest BCUT2D eigenvalue weighted by Gasteiger charge is 2.44. The number of ether oxygens (including phenoxy) is 1. The van der Waals surface area contributed by atoms with Crippen LogP contribution in [0, 0.1) is 6.92 Å². The van der Waals surface area contributed by atoms with Crippen LogP contribution in [0.2, 0.25) is 0 Å². The maximum Gasteiger partial charge on any atom is 0.408 e. The number of benzene rings is 1. The molecule has 0 saturated heterocycles. The van der Waals surface area contributed by atoms with E-state index in [9.17, 15) is 24.3 Å². The average Bonchev–Trinajstić information content (AvgIpc) is 2.69. The molecule has 0 aliphatic heterocycles. The predicted octanol–water partition coefficient (Wildman–Crippen LogP) is 3.44. The molecule has 208 valence electrons. The highest BCUT2D eigenvalue weighted by Crippen LogP contribution is 2.34. The lowest BCUT2D eigenvalue weighted by atomic mass is 9.90. The van der Waals surface area contributed by atoms with Gasteiger partial charge in [0.2, 0.25) is 17.7 Å². The van der Waals surface area contributed by atoms with E-state index in [-0.39, 0.29) is 5.75 Å². The van der Waals surface area contributed by atoms with Crippen LogP contribution in [0.5, 0.6) is 5.75 Å². The van der Waals surface area contributed by atoms with Gasteiger partial charge in [-0.15, -0.1) is 0 Å². The van der Waals surface area contributed by atoms with E-state index in [0.29, 0.717) is 17.5 Å². The number of carbonyl (C=O) groups is 4. The second-order valence-electron chi connectivity index (χ2n) is 11.9. The Morgan fingerprint density at radius 2 is 1.62 bits per heavy atom. The second-order valence-corrected chi connectivity index (χ2v) is 11.9. The number of aromatic hydroxyl groups is 1. The van der Waals surface area contributed by atoms with Gasteiger partial charge < -0.3 is 31.1 Å². The molecule has 10 heteroatoms. The highest BCUT2D eigenvalue weighted by atomic mass is 16.6. The molecular weight excluding hydrogens is 476 g/mol. The first-order valence-corrected chi connectivity index (χ1v) is 12.4. The summed E-state index contributed by atoms with van der Waals surface area (Å²) in [5.41, 5.74) is 4.06. The summed E-state index contributed by atoms with van der Waals surface area (Å²) >= 11 is 0. The van der Waals surface area contributed by atoms with Gasteiger partial charge in [-0.25, -0.2) is 4.79 Å². The third-order valence-electron chi connectivity index (χ3n) is 5.69. The van der Waals surface area contributed by atoms with Gasteiger partial charge >= 0.3 is 6.09 Å². The molecule has 1 rings (SSSR count). The maximum absolute atomic E-state index is 14.1. The molecule has 0 bridgehead atoms. The molecule has 0 aliphatic carbocycles. The summed E-state index contributed by atoms with van der Waals surface area (Å²) < 4.78 is 5.30. The first-order valence-electron chi connectivity index (χ1n) is 12.4. The molecule has 1 aromatic rings. The minimum atomic E-state index is -1.37. The van der Waals surface area contributed by atoms with Gasteiger partial charge in [-0.3, -0.25) is 14.4 Å². The Morgan fingerprint density at radius 3 is 2.05 bits per heavy atom. The normalized spacial score (nSPS) is 13.8. The minimum Gasteiger partial charge on any atom is -0.508 e. The first-order chi connectivity index (χ1) is 16.7. The van der Waals surface area contributed by atoms with E-state index in [1.807, 2.05) is 27.7 Å². The zero-order valence-corrected chi connectivity index (χ0v) is 23.8. The van der Waals surface area contributed by atoms with Crippen LogP contribution < -0.4 is 16.4 Å². The number of phenolic OH excluding ortho intramolecular Hbond substituents is 1. The lowest BCUT2D eigenvalue weighted by Crippen LogP contribution is -2.60. The summed E-state index contributed by atoms with van der Waals surface area (Å²) in [4.78, 5) is 53.8. The fourth-order valence-corrected chi connectivity index (χ4v) is 3.67. The SMILES string of the molecule is CCC(C)(C)N(C(=O)C(CC(N)=O)NC(=O)OC(C)(C)C)C(C(=O)NC(C)(C)C)c1ccc(O)c(C)c1. The zero-order valence-electron chi connectivity index (χ0n) is 23.8. The van der Waals surface area contributed by atoms with Crippen LogP contribution in [0.15, 0.2) is 18.2 Å². The van der Waals surface area contributed by atoms with Crippen molar-refractivity contribution in [1.29, 1.82) is 0 Å². The molecule has 0 radical (unpaired) electrons. The van der Waals surface area contributed by atoms with Gasteiger partial charge in [0.05, 0.1) is 6.42 Å². The lowest BCUT2D eigenvalue weighted by Gasteiger charge is -2.45. The fraction of sp³-hybridized carbons (Fsp3) is 0.630. The van der Waals surface area contributed by atoms with Gasteiger partial charge in [-0.1, -0.05) is 13.0 Å². The number of alkyl carbamates (subject to hydrolysis) is 1. The number of amides is 4. The molecule has 0 fully saturated rings. The van der Waals surface area contributed by atoms with Gasteiger partial charge in [-0.05, 0) is 92.0 Å². The summed E-state index contributed by atoms with van der Waals surface area (Å²) in [5.74, 6) is -1.89. The van der Waals surface area contributed by atoms with Crippen molar-refractivity contribution in [3.8, 4) is 5.75 Å². The van der Waals surface area contributed by atoms with Crippen molar-refractivity contribution in [2.24, 2.45) is 5.73 Å². The van der Waals surface area contributed by atoms with Crippen molar-refractivity contribution >= 4 is 23.8 Å². The van der Waals surface area contributed by atoms with E-state index in [2.05, 4.69) is 10.6 Å². The quantitative estimate of drug-likeness (QED) is 0.392. The number of phenols is 1. The smallest absolute Gasteiger partial charge is 0.408 e. The topological polar surface area (TPSA) is 151 Å². The van der Waals surface area contributed by atoms with E-state index in [1.54, 1.807) is 53.7 Å². The van der Waals surface area contributed by atoms with Crippen LogP contribution in [0.1, 0.15) is 92.3 Å². The third kappa shape index (κ3) is 9.59. The average molecular weight is 521 g/mol. The molecule has 0 spiro atoms. The van der Waals surface area contributed by atoms with Crippen LogP contribution in [0.25, 0.3) is 0 Å². The Morgan fingerprint density at radius 1 is 1.05 bits per heavy atom. The summed E-state index contributed by atoms with van der Waals surface area (Å²) in [6.45, 7) is 17.6. The Labute approximate surface area is 220 Å². The number of nitrogens with zero attached hydrogens (tertiary/aromatic N) is 1. The molecular formula is C27H44N4O6. The highest BCUT2D eigenvalue weighted by molar-refractivity contribution is 5.95. The Hall–Kier alpha value is -3.30. The molecule has 0 aliphatic rings. The zero-order chi connectivity index (χ0) is 28.9. The number of nitrogens with one attached hydrogen (secondary N) is 2. The van der Waals surface area contributed by atoms with E-state index in [0.717, 1.165) is 0 Å². The number of hydrogen-bond donors (Lipinski definition) is 4. The molecule has 0 heterocycles. The molecule has 5 N–H and O–H groups in total. The molecule has 37 heavy (non-hydrogen) atoms. The summed E-state index contributed by atoms with van der Waals surface area (Å²) in [6.07, 6.45) is -0.931. The molecule has 0 saturated carbocycles. The van der Waals surface area contributed by atoms with E-state index >= 15 is 0 Å². The Kier molecular flexibility index (Phi) is 10.1. The van der Waals surface area contributed by atoms with Gasteiger partial charge in [0.1, 0.15) is 23.4 Å². The minimum absolute atomic E-state index is 0.0459. The van der Waals surface area contributed by atoms with Crippen molar-refractivity contribution in [2.45, 2.75) is 111 Å². The second kappa shape index (κ2) is 11.8. The van der Waals surface area contributed by atoms with Crippen molar-refractivity contribution in [3.05, 3.63) is 29.3 Å². The largest absolute Gasteiger partial charge is 0.508 e. The van der Waals surface area contributed by atoms with Gasteiger partial charge in [0, 0.05) is 11.1 Å². The van der Waals surface area contributed by atoms with Crippen molar-refractivity contribution in [1.82, 2.24) is 15.5 Å². The van der Waals surface area contributed by atoms with Crippen LogP contribution in [0.3, 0.4) is 0 Å². The lowest BCUT2D eigenvalue weighted by molar-refractivity contribution is -0.150. The molecule has 1 aromatic carbocycles. The molecule has 4 amide bonds. The van der Waals surface area contributed by atoms with Crippen molar-refractivity contribution in [2.75, 3.05) is 0 Å². The maximum atomic E-state index is 14.1. The van der Waals surface area contributed by atoms with Crippen LogP contribution >= 0.6 is 0 Å².